The maximum Gasteiger partial charge on any atom is 0.313 e. The van der Waals surface area contributed by atoms with Gasteiger partial charge in [0.15, 0.2) is 0 Å². The Bertz CT molecular complexity index is 493. The lowest BCUT2D eigenvalue weighted by molar-refractivity contribution is -0.148. The van der Waals surface area contributed by atoms with E-state index in [2.05, 4.69) is 17.0 Å². The maximum absolute atomic E-state index is 12.8. The number of morpholine rings is 1. The highest BCUT2D eigenvalue weighted by molar-refractivity contribution is 5.78. The zero-order valence-corrected chi connectivity index (χ0v) is 14.5. The highest BCUT2D eigenvalue weighted by atomic mass is 16.5. The fourth-order valence-corrected chi connectivity index (χ4v) is 3.92. The van der Waals surface area contributed by atoms with Crippen molar-refractivity contribution in [3.05, 3.63) is 35.9 Å². The molecule has 3 rings (SSSR count). The van der Waals surface area contributed by atoms with Crippen LogP contribution in [0, 0.1) is 5.92 Å². The third-order valence-corrected chi connectivity index (χ3v) is 5.29. The van der Waals surface area contributed by atoms with Crippen LogP contribution in [0.3, 0.4) is 0 Å². The average molecular weight is 331 g/mol. The number of benzene rings is 1. The summed E-state index contributed by atoms with van der Waals surface area (Å²) in [7, 11) is 0. The SMILES string of the molecule is O=C(OCCN1CCOCC1)[C@@H](c1ccccc1)C1CCCCC1. The third kappa shape index (κ3) is 4.81. The molecule has 0 N–H and O–H groups in total. The summed E-state index contributed by atoms with van der Waals surface area (Å²) >= 11 is 0. The zero-order valence-electron chi connectivity index (χ0n) is 14.5. The van der Waals surface area contributed by atoms with Crippen molar-refractivity contribution in [3.8, 4) is 0 Å². The minimum absolute atomic E-state index is 0.0404. The summed E-state index contributed by atoms with van der Waals surface area (Å²) in [6.07, 6.45) is 6.03. The van der Waals surface area contributed by atoms with E-state index in [1.54, 1.807) is 0 Å². The number of hydrogen-bond acceptors (Lipinski definition) is 4. The fraction of sp³-hybridized carbons (Fsp3) is 0.650. The molecule has 1 aliphatic carbocycles. The van der Waals surface area contributed by atoms with Crippen LogP contribution in [0.2, 0.25) is 0 Å². The largest absolute Gasteiger partial charge is 0.464 e. The molecule has 2 aliphatic rings. The molecule has 0 radical (unpaired) electrons. The number of carbonyl (C=O) groups excluding carboxylic acids is 1. The lowest BCUT2D eigenvalue weighted by atomic mass is 9.77. The van der Waals surface area contributed by atoms with Crippen LogP contribution in [0.5, 0.6) is 0 Å². The van der Waals surface area contributed by atoms with E-state index in [4.69, 9.17) is 9.47 Å². The number of rotatable bonds is 6. The number of esters is 1. The first-order valence-electron chi connectivity index (χ1n) is 9.36. The summed E-state index contributed by atoms with van der Waals surface area (Å²) in [4.78, 5) is 15.1. The Morgan fingerprint density at radius 1 is 1.12 bits per heavy atom. The van der Waals surface area contributed by atoms with Crippen molar-refractivity contribution in [1.82, 2.24) is 4.90 Å². The van der Waals surface area contributed by atoms with E-state index in [-0.39, 0.29) is 11.9 Å². The molecule has 1 saturated heterocycles. The molecule has 1 heterocycles. The number of carbonyl (C=O) groups is 1. The minimum Gasteiger partial charge on any atom is -0.464 e. The molecule has 0 unspecified atom stereocenters. The molecule has 0 amide bonds. The highest BCUT2D eigenvalue weighted by Crippen LogP contribution is 2.36. The van der Waals surface area contributed by atoms with Crippen molar-refractivity contribution in [1.29, 1.82) is 0 Å². The molecule has 0 bridgehead atoms. The lowest BCUT2D eigenvalue weighted by Gasteiger charge is -2.30. The first-order chi connectivity index (χ1) is 11.8. The fourth-order valence-electron chi connectivity index (χ4n) is 3.92. The molecule has 1 saturated carbocycles. The monoisotopic (exact) mass is 331 g/mol. The van der Waals surface area contributed by atoms with Crippen molar-refractivity contribution in [3.63, 3.8) is 0 Å². The van der Waals surface area contributed by atoms with Crippen LogP contribution in [0.1, 0.15) is 43.6 Å². The average Bonchev–Trinajstić information content (AvgIpc) is 2.65. The molecule has 4 nitrogen and oxygen atoms in total. The van der Waals surface area contributed by atoms with Gasteiger partial charge in [0.1, 0.15) is 6.61 Å². The minimum atomic E-state index is -0.101. The smallest absolute Gasteiger partial charge is 0.313 e. The normalized spacial score (nSPS) is 21.3. The second-order valence-corrected chi connectivity index (χ2v) is 6.91. The van der Waals surface area contributed by atoms with Gasteiger partial charge in [-0.3, -0.25) is 9.69 Å². The Morgan fingerprint density at radius 2 is 1.83 bits per heavy atom. The van der Waals surface area contributed by atoms with E-state index in [1.807, 2.05) is 18.2 Å². The van der Waals surface area contributed by atoms with Crippen LogP contribution in [-0.4, -0.2) is 50.3 Å². The van der Waals surface area contributed by atoms with Gasteiger partial charge in [-0.15, -0.1) is 0 Å². The summed E-state index contributed by atoms with van der Waals surface area (Å²) in [5, 5.41) is 0. The molecule has 1 atom stereocenters. The van der Waals surface area contributed by atoms with Crippen LogP contribution in [0.4, 0.5) is 0 Å². The molecule has 0 spiro atoms. The van der Waals surface area contributed by atoms with Crippen molar-refractivity contribution in [2.24, 2.45) is 5.92 Å². The molecule has 24 heavy (non-hydrogen) atoms. The predicted molar refractivity (Wildman–Crippen MR) is 94.0 cm³/mol. The van der Waals surface area contributed by atoms with Gasteiger partial charge < -0.3 is 9.47 Å². The van der Waals surface area contributed by atoms with Crippen molar-refractivity contribution < 1.29 is 14.3 Å². The maximum atomic E-state index is 12.8. The van der Waals surface area contributed by atoms with Gasteiger partial charge in [0.2, 0.25) is 0 Å². The first kappa shape index (κ1) is 17.4. The molecule has 0 aromatic heterocycles. The zero-order chi connectivity index (χ0) is 16.6. The van der Waals surface area contributed by atoms with E-state index in [1.165, 1.54) is 19.3 Å². The van der Waals surface area contributed by atoms with Crippen molar-refractivity contribution >= 4 is 5.97 Å². The highest BCUT2D eigenvalue weighted by Gasteiger charge is 2.32. The second kappa shape index (κ2) is 9.19. The summed E-state index contributed by atoms with van der Waals surface area (Å²) < 4.78 is 11.0. The Balaban J connectivity index is 1.58. The number of nitrogens with zero attached hydrogens (tertiary/aromatic N) is 1. The van der Waals surface area contributed by atoms with Gasteiger partial charge in [0.05, 0.1) is 19.1 Å². The van der Waals surface area contributed by atoms with Crippen molar-refractivity contribution in [2.45, 2.75) is 38.0 Å². The van der Waals surface area contributed by atoms with Crippen molar-refractivity contribution in [2.75, 3.05) is 39.5 Å². The van der Waals surface area contributed by atoms with Gasteiger partial charge >= 0.3 is 5.97 Å². The topological polar surface area (TPSA) is 38.8 Å². The molecule has 1 aromatic carbocycles. The van der Waals surface area contributed by atoms with Crippen LogP contribution in [-0.2, 0) is 14.3 Å². The molecule has 1 aliphatic heterocycles. The number of ether oxygens (including phenoxy) is 2. The molecular formula is C20H29NO3. The second-order valence-electron chi connectivity index (χ2n) is 6.91. The standard InChI is InChI=1S/C20H29NO3/c22-20(24-16-13-21-11-14-23-15-12-21)19(17-7-3-1-4-8-17)18-9-5-2-6-10-18/h1,3-4,7-8,18-19H,2,5-6,9-16H2/t19-/m0/s1. The summed E-state index contributed by atoms with van der Waals surface area (Å²) in [5.74, 6) is 0.287. The molecular weight excluding hydrogens is 302 g/mol. The summed E-state index contributed by atoms with van der Waals surface area (Å²) in [6.45, 7) is 4.71. The van der Waals surface area contributed by atoms with Crippen LogP contribution < -0.4 is 0 Å². The van der Waals surface area contributed by atoms with Gasteiger partial charge in [-0.1, -0.05) is 49.6 Å². The quantitative estimate of drug-likeness (QED) is 0.750. The van der Waals surface area contributed by atoms with E-state index in [9.17, 15) is 4.79 Å². The van der Waals surface area contributed by atoms with E-state index >= 15 is 0 Å². The van der Waals surface area contributed by atoms with Crippen LogP contribution >= 0.6 is 0 Å². The first-order valence-corrected chi connectivity index (χ1v) is 9.36. The Labute approximate surface area is 145 Å². The Morgan fingerprint density at radius 3 is 2.54 bits per heavy atom. The van der Waals surface area contributed by atoms with Gasteiger partial charge in [-0.05, 0) is 24.3 Å². The van der Waals surface area contributed by atoms with Crippen LogP contribution in [0.25, 0.3) is 0 Å². The summed E-state index contributed by atoms with van der Waals surface area (Å²) in [5.41, 5.74) is 1.11. The van der Waals surface area contributed by atoms with Gasteiger partial charge in [0, 0.05) is 19.6 Å². The Kier molecular flexibility index (Phi) is 6.67. The predicted octanol–water partition coefficient (Wildman–Crippen LogP) is 3.23. The van der Waals surface area contributed by atoms with E-state index < -0.39 is 0 Å². The lowest BCUT2D eigenvalue weighted by Crippen LogP contribution is -2.39. The van der Waals surface area contributed by atoms with Crippen LogP contribution in [0.15, 0.2) is 30.3 Å². The third-order valence-electron chi connectivity index (χ3n) is 5.29. The Hall–Kier alpha value is -1.39. The molecule has 132 valence electrons. The molecule has 1 aromatic rings. The van der Waals surface area contributed by atoms with E-state index in [0.717, 1.165) is 51.3 Å². The van der Waals surface area contributed by atoms with E-state index in [0.29, 0.717) is 12.5 Å². The number of hydrogen-bond donors (Lipinski definition) is 0. The molecule has 4 heteroatoms. The summed E-state index contributed by atoms with van der Waals surface area (Å²) in [6, 6.07) is 10.2. The van der Waals surface area contributed by atoms with Gasteiger partial charge in [-0.25, -0.2) is 0 Å². The van der Waals surface area contributed by atoms with Gasteiger partial charge in [0.25, 0.3) is 0 Å². The van der Waals surface area contributed by atoms with Gasteiger partial charge in [-0.2, -0.15) is 0 Å². The molecule has 2 fully saturated rings.